The minimum absolute atomic E-state index is 0.228. The van der Waals surface area contributed by atoms with E-state index in [0.29, 0.717) is 5.75 Å². The number of thioether (sulfide) groups is 1. The quantitative estimate of drug-likeness (QED) is 0.868. The van der Waals surface area contributed by atoms with Crippen LogP contribution in [0.15, 0.2) is 24.5 Å². The molecular weight excluding hydrogens is 238 g/mol. The number of ether oxygens (including phenoxy) is 1. The Labute approximate surface area is 104 Å². The van der Waals surface area contributed by atoms with E-state index in [9.17, 15) is 9.90 Å². The van der Waals surface area contributed by atoms with Gasteiger partial charge in [0.2, 0.25) is 0 Å². The van der Waals surface area contributed by atoms with Gasteiger partial charge in [0.05, 0.1) is 12.1 Å². The molecule has 0 bridgehead atoms. The molecule has 1 aliphatic rings. The van der Waals surface area contributed by atoms with E-state index < -0.39 is 11.9 Å². The fraction of sp³-hybridized carbons (Fsp3) is 0.500. The monoisotopic (exact) mass is 253 g/mol. The van der Waals surface area contributed by atoms with Crippen molar-refractivity contribution < 1.29 is 14.6 Å². The third kappa shape index (κ3) is 3.36. The first kappa shape index (κ1) is 12.2. The SMILES string of the molecule is O=C(O)C(COc1cccnc1)C1CCSC1. The first-order chi connectivity index (χ1) is 8.27. The van der Waals surface area contributed by atoms with Gasteiger partial charge >= 0.3 is 5.97 Å². The number of hydrogen-bond donors (Lipinski definition) is 1. The van der Waals surface area contributed by atoms with Crippen LogP contribution in [0.3, 0.4) is 0 Å². The zero-order valence-corrected chi connectivity index (χ0v) is 10.2. The summed E-state index contributed by atoms with van der Waals surface area (Å²) in [4.78, 5) is 15.1. The van der Waals surface area contributed by atoms with Gasteiger partial charge in [-0.05, 0) is 36.0 Å². The number of pyridine rings is 1. The first-order valence-electron chi connectivity index (χ1n) is 5.61. The smallest absolute Gasteiger partial charge is 0.310 e. The van der Waals surface area contributed by atoms with Crippen molar-refractivity contribution in [2.75, 3.05) is 18.1 Å². The Morgan fingerprint density at radius 2 is 2.59 bits per heavy atom. The molecule has 4 nitrogen and oxygen atoms in total. The summed E-state index contributed by atoms with van der Waals surface area (Å²) < 4.78 is 5.49. The van der Waals surface area contributed by atoms with E-state index in [0.717, 1.165) is 17.9 Å². The molecule has 0 aromatic carbocycles. The molecule has 1 saturated heterocycles. The molecule has 0 spiro atoms. The summed E-state index contributed by atoms with van der Waals surface area (Å²) in [6, 6.07) is 3.56. The molecule has 92 valence electrons. The fourth-order valence-corrected chi connectivity index (χ4v) is 3.24. The summed E-state index contributed by atoms with van der Waals surface area (Å²) >= 11 is 1.82. The predicted molar refractivity (Wildman–Crippen MR) is 66.3 cm³/mol. The standard InChI is InChI=1S/C12H15NO3S/c14-12(15)11(9-3-5-17-8-9)7-16-10-2-1-4-13-6-10/h1-2,4,6,9,11H,3,5,7-8H2,(H,14,15). The van der Waals surface area contributed by atoms with E-state index >= 15 is 0 Å². The van der Waals surface area contributed by atoms with Gasteiger partial charge in [-0.3, -0.25) is 9.78 Å². The second-order valence-corrected chi connectivity index (χ2v) is 5.22. The lowest BCUT2D eigenvalue weighted by atomic mass is 9.93. The van der Waals surface area contributed by atoms with Crippen LogP contribution in [0.4, 0.5) is 0 Å². The van der Waals surface area contributed by atoms with Crippen LogP contribution in [-0.4, -0.2) is 34.2 Å². The largest absolute Gasteiger partial charge is 0.491 e. The molecule has 0 saturated carbocycles. The lowest BCUT2D eigenvalue weighted by molar-refractivity contribution is -0.144. The van der Waals surface area contributed by atoms with Crippen LogP contribution in [0.2, 0.25) is 0 Å². The number of hydrogen-bond acceptors (Lipinski definition) is 4. The van der Waals surface area contributed by atoms with E-state index in [1.54, 1.807) is 24.5 Å². The molecule has 2 rings (SSSR count). The van der Waals surface area contributed by atoms with Gasteiger partial charge in [0, 0.05) is 6.20 Å². The van der Waals surface area contributed by atoms with Gasteiger partial charge in [-0.2, -0.15) is 11.8 Å². The molecule has 1 aromatic rings. The van der Waals surface area contributed by atoms with Crippen LogP contribution in [0.5, 0.6) is 5.75 Å². The molecule has 0 aliphatic carbocycles. The van der Waals surface area contributed by atoms with E-state index in [2.05, 4.69) is 4.98 Å². The minimum Gasteiger partial charge on any atom is -0.491 e. The van der Waals surface area contributed by atoms with Gasteiger partial charge in [-0.25, -0.2) is 0 Å². The highest BCUT2D eigenvalue weighted by Crippen LogP contribution is 2.30. The average Bonchev–Trinajstić information content (AvgIpc) is 2.84. The molecule has 2 unspecified atom stereocenters. The van der Waals surface area contributed by atoms with E-state index in [4.69, 9.17) is 4.74 Å². The van der Waals surface area contributed by atoms with Crippen molar-refractivity contribution in [2.24, 2.45) is 11.8 Å². The Morgan fingerprint density at radius 3 is 3.18 bits per heavy atom. The van der Waals surface area contributed by atoms with Crippen molar-refractivity contribution in [1.29, 1.82) is 0 Å². The van der Waals surface area contributed by atoms with Crippen LogP contribution in [0.25, 0.3) is 0 Å². The molecule has 0 amide bonds. The summed E-state index contributed by atoms with van der Waals surface area (Å²) in [5, 5.41) is 9.21. The number of aromatic nitrogens is 1. The molecule has 1 aromatic heterocycles. The Kier molecular flexibility index (Phi) is 4.25. The molecule has 1 fully saturated rings. The highest BCUT2D eigenvalue weighted by atomic mass is 32.2. The van der Waals surface area contributed by atoms with Crippen molar-refractivity contribution >= 4 is 17.7 Å². The summed E-state index contributed by atoms with van der Waals surface area (Å²) in [5.41, 5.74) is 0. The molecular formula is C12H15NO3S. The minimum atomic E-state index is -0.763. The Morgan fingerprint density at radius 1 is 1.71 bits per heavy atom. The lowest BCUT2D eigenvalue weighted by Crippen LogP contribution is -2.29. The summed E-state index contributed by atoms with van der Waals surface area (Å²) in [5.74, 6) is 1.67. The van der Waals surface area contributed by atoms with E-state index in [-0.39, 0.29) is 12.5 Å². The van der Waals surface area contributed by atoms with Gasteiger partial charge in [-0.15, -0.1) is 0 Å². The van der Waals surface area contributed by atoms with Crippen molar-refractivity contribution in [2.45, 2.75) is 6.42 Å². The highest BCUT2D eigenvalue weighted by Gasteiger charge is 2.31. The maximum Gasteiger partial charge on any atom is 0.310 e. The number of carboxylic acid groups (broad SMARTS) is 1. The summed E-state index contributed by atoms with van der Waals surface area (Å²) in [6.07, 6.45) is 4.23. The number of rotatable bonds is 5. The Hall–Kier alpha value is -1.23. The molecule has 2 atom stereocenters. The third-order valence-corrected chi connectivity index (χ3v) is 4.10. The zero-order valence-electron chi connectivity index (χ0n) is 9.41. The third-order valence-electron chi connectivity index (χ3n) is 2.92. The number of carboxylic acids is 1. The normalized spacial score (nSPS) is 21.1. The number of aliphatic carboxylic acids is 1. The van der Waals surface area contributed by atoms with E-state index in [1.165, 1.54) is 0 Å². The summed E-state index contributed by atoms with van der Waals surface area (Å²) in [6.45, 7) is 0.228. The Bertz CT molecular complexity index is 365. The van der Waals surface area contributed by atoms with Gasteiger partial charge in [-0.1, -0.05) is 0 Å². The second kappa shape index (κ2) is 5.91. The van der Waals surface area contributed by atoms with Gasteiger partial charge in [0.15, 0.2) is 0 Å². The lowest BCUT2D eigenvalue weighted by Gasteiger charge is -2.18. The van der Waals surface area contributed by atoms with Gasteiger partial charge in [0.25, 0.3) is 0 Å². The fourth-order valence-electron chi connectivity index (χ4n) is 1.90. The topological polar surface area (TPSA) is 59.4 Å². The van der Waals surface area contributed by atoms with Crippen LogP contribution >= 0.6 is 11.8 Å². The van der Waals surface area contributed by atoms with Gasteiger partial charge < -0.3 is 9.84 Å². The van der Waals surface area contributed by atoms with Crippen LogP contribution in [0, 0.1) is 11.8 Å². The van der Waals surface area contributed by atoms with Crippen LogP contribution in [-0.2, 0) is 4.79 Å². The predicted octanol–water partition coefficient (Wildman–Crippen LogP) is 1.91. The number of nitrogens with zero attached hydrogens (tertiary/aromatic N) is 1. The molecule has 17 heavy (non-hydrogen) atoms. The maximum atomic E-state index is 11.2. The zero-order chi connectivity index (χ0) is 12.1. The van der Waals surface area contributed by atoms with Crippen LogP contribution in [0.1, 0.15) is 6.42 Å². The van der Waals surface area contributed by atoms with Crippen molar-refractivity contribution in [3.8, 4) is 5.75 Å². The first-order valence-corrected chi connectivity index (χ1v) is 6.76. The van der Waals surface area contributed by atoms with Gasteiger partial charge in [0.1, 0.15) is 12.4 Å². The summed E-state index contributed by atoms with van der Waals surface area (Å²) in [7, 11) is 0. The second-order valence-electron chi connectivity index (χ2n) is 4.07. The molecule has 1 aliphatic heterocycles. The van der Waals surface area contributed by atoms with Crippen LogP contribution < -0.4 is 4.74 Å². The van der Waals surface area contributed by atoms with Crippen molar-refractivity contribution in [3.63, 3.8) is 0 Å². The Balaban J connectivity index is 1.92. The van der Waals surface area contributed by atoms with Crippen molar-refractivity contribution in [1.82, 2.24) is 4.98 Å². The molecule has 0 radical (unpaired) electrons. The van der Waals surface area contributed by atoms with E-state index in [1.807, 2.05) is 11.8 Å². The van der Waals surface area contributed by atoms with Crippen molar-refractivity contribution in [3.05, 3.63) is 24.5 Å². The highest BCUT2D eigenvalue weighted by molar-refractivity contribution is 7.99. The maximum absolute atomic E-state index is 11.2. The molecule has 2 heterocycles. The average molecular weight is 253 g/mol. The molecule has 5 heteroatoms. The number of carbonyl (C=O) groups is 1. The molecule has 1 N–H and O–H groups in total.